The van der Waals surface area contributed by atoms with Crippen molar-refractivity contribution in [3.05, 3.63) is 83.7 Å². The van der Waals surface area contributed by atoms with Gasteiger partial charge in [-0.25, -0.2) is 9.97 Å². The first-order chi connectivity index (χ1) is 14.5. The molecule has 2 N–H and O–H groups in total. The van der Waals surface area contributed by atoms with Crippen LogP contribution in [0.25, 0.3) is 5.76 Å². The number of ketones is 1. The van der Waals surface area contributed by atoms with Gasteiger partial charge in [-0.05, 0) is 23.8 Å². The number of anilines is 1. The van der Waals surface area contributed by atoms with Crippen molar-refractivity contribution in [3.8, 4) is 11.5 Å². The zero-order chi connectivity index (χ0) is 21.3. The van der Waals surface area contributed by atoms with Crippen LogP contribution in [0.5, 0.6) is 11.5 Å². The van der Waals surface area contributed by atoms with E-state index in [2.05, 4.69) is 9.97 Å². The summed E-state index contributed by atoms with van der Waals surface area (Å²) in [4.78, 5) is 35.2. The van der Waals surface area contributed by atoms with Gasteiger partial charge in [-0.2, -0.15) is 0 Å². The summed E-state index contributed by atoms with van der Waals surface area (Å²) in [6.45, 7) is 0. The molecule has 1 aliphatic rings. The molecule has 1 saturated heterocycles. The molecule has 1 amide bonds. The second kappa shape index (κ2) is 7.67. The highest BCUT2D eigenvalue weighted by Crippen LogP contribution is 2.42. The van der Waals surface area contributed by atoms with Crippen molar-refractivity contribution in [1.82, 2.24) is 9.97 Å². The summed E-state index contributed by atoms with van der Waals surface area (Å²) in [6.07, 6.45) is 2.90. The zero-order valence-corrected chi connectivity index (χ0v) is 15.9. The third-order valence-electron chi connectivity index (χ3n) is 4.78. The quantitative estimate of drug-likeness (QED) is 0.391. The lowest BCUT2D eigenvalue weighted by Crippen LogP contribution is -2.31. The van der Waals surface area contributed by atoms with Crippen LogP contribution >= 0.6 is 0 Å². The number of carbonyl (C=O) groups excluding carboxylic acids is 2. The van der Waals surface area contributed by atoms with Crippen LogP contribution in [0.2, 0.25) is 0 Å². The van der Waals surface area contributed by atoms with Gasteiger partial charge >= 0.3 is 5.91 Å². The van der Waals surface area contributed by atoms with E-state index in [1.165, 1.54) is 31.6 Å². The lowest BCUT2D eigenvalue weighted by Gasteiger charge is -2.23. The van der Waals surface area contributed by atoms with Gasteiger partial charge in [0.25, 0.3) is 5.78 Å². The number of ether oxygens (including phenoxy) is 1. The zero-order valence-electron chi connectivity index (χ0n) is 15.9. The predicted octanol–water partition coefficient (Wildman–Crippen LogP) is 2.82. The highest BCUT2D eigenvalue weighted by Gasteiger charge is 2.48. The van der Waals surface area contributed by atoms with Crippen molar-refractivity contribution in [2.75, 3.05) is 12.0 Å². The van der Waals surface area contributed by atoms with Gasteiger partial charge in [0.2, 0.25) is 5.95 Å². The molecule has 1 unspecified atom stereocenters. The summed E-state index contributed by atoms with van der Waals surface area (Å²) in [7, 11) is 1.39. The van der Waals surface area contributed by atoms with E-state index >= 15 is 0 Å². The maximum atomic E-state index is 13.0. The van der Waals surface area contributed by atoms with Crippen LogP contribution in [-0.2, 0) is 9.59 Å². The number of methoxy groups -OCH3 is 1. The number of hydrogen-bond acceptors (Lipinski definition) is 7. The number of carbonyl (C=O) groups is 2. The minimum absolute atomic E-state index is 0.0174. The molecular weight excluding hydrogens is 386 g/mol. The standard InChI is InChI=1S/C22H17N3O5/c1-30-16-12-14(8-9-15(16)26)18-17(19(27)13-6-3-2-4-7-13)20(28)21(29)25(18)22-23-10-5-11-24-22/h2-12,18,26-27H,1H3/b19-17-. The molecule has 30 heavy (non-hydrogen) atoms. The SMILES string of the molecule is COc1cc(C2/C(=C(/O)c3ccccc3)C(=O)C(=O)N2c2ncccn2)ccc1O. The molecule has 2 heterocycles. The summed E-state index contributed by atoms with van der Waals surface area (Å²) in [5.41, 5.74) is 0.723. The maximum Gasteiger partial charge on any atom is 0.302 e. The molecule has 0 saturated carbocycles. The fourth-order valence-corrected chi connectivity index (χ4v) is 3.39. The van der Waals surface area contributed by atoms with Crippen LogP contribution < -0.4 is 9.64 Å². The van der Waals surface area contributed by atoms with E-state index in [-0.39, 0.29) is 28.8 Å². The minimum Gasteiger partial charge on any atom is -0.507 e. The Hall–Kier alpha value is -4.20. The largest absolute Gasteiger partial charge is 0.507 e. The third kappa shape index (κ3) is 3.14. The number of benzene rings is 2. The Labute approximate surface area is 171 Å². The molecule has 150 valence electrons. The molecule has 0 aliphatic carbocycles. The lowest BCUT2D eigenvalue weighted by molar-refractivity contribution is -0.132. The van der Waals surface area contributed by atoms with E-state index in [1.807, 2.05) is 0 Å². The Morgan fingerprint density at radius 2 is 1.73 bits per heavy atom. The second-order valence-corrected chi connectivity index (χ2v) is 6.52. The number of aliphatic hydroxyl groups excluding tert-OH is 1. The lowest BCUT2D eigenvalue weighted by atomic mass is 9.95. The van der Waals surface area contributed by atoms with Crippen LogP contribution in [-0.4, -0.2) is 39.0 Å². The fraction of sp³-hybridized carbons (Fsp3) is 0.0909. The van der Waals surface area contributed by atoms with E-state index < -0.39 is 17.7 Å². The Morgan fingerprint density at radius 1 is 1.03 bits per heavy atom. The first-order valence-corrected chi connectivity index (χ1v) is 9.03. The smallest absolute Gasteiger partial charge is 0.302 e. The van der Waals surface area contributed by atoms with Crippen molar-refractivity contribution >= 4 is 23.4 Å². The molecule has 1 aromatic heterocycles. The fourth-order valence-electron chi connectivity index (χ4n) is 3.39. The topological polar surface area (TPSA) is 113 Å². The van der Waals surface area contributed by atoms with Crippen LogP contribution in [0.4, 0.5) is 5.95 Å². The molecule has 0 bridgehead atoms. The number of Topliss-reactive ketones (excluding diaryl/α,β-unsaturated/α-hetero) is 1. The number of phenolic OH excluding ortho intramolecular Hbond substituents is 1. The molecule has 8 heteroatoms. The summed E-state index contributed by atoms with van der Waals surface area (Å²) in [5.74, 6) is -1.96. The number of rotatable bonds is 4. The monoisotopic (exact) mass is 403 g/mol. The summed E-state index contributed by atoms with van der Waals surface area (Å²) in [5, 5.41) is 20.9. The summed E-state index contributed by atoms with van der Waals surface area (Å²) >= 11 is 0. The number of aromatic hydroxyl groups is 1. The van der Waals surface area contributed by atoms with Crippen LogP contribution in [0, 0.1) is 0 Å². The predicted molar refractivity (Wildman–Crippen MR) is 108 cm³/mol. The van der Waals surface area contributed by atoms with Crippen LogP contribution in [0.1, 0.15) is 17.2 Å². The molecule has 1 atom stereocenters. The van der Waals surface area contributed by atoms with Crippen molar-refractivity contribution in [3.63, 3.8) is 0 Å². The highest BCUT2D eigenvalue weighted by atomic mass is 16.5. The Bertz CT molecular complexity index is 1150. The van der Waals surface area contributed by atoms with E-state index in [0.29, 0.717) is 11.1 Å². The van der Waals surface area contributed by atoms with Gasteiger partial charge in [0.05, 0.1) is 18.7 Å². The average molecular weight is 403 g/mol. The van der Waals surface area contributed by atoms with E-state index in [1.54, 1.807) is 42.5 Å². The Morgan fingerprint density at radius 3 is 2.40 bits per heavy atom. The van der Waals surface area contributed by atoms with Crippen molar-refractivity contribution in [2.45, 2.75) is 6.04 Å². The normalized spacial score (nSPS) is 17.9. The third-order valence-corrected chi connectivity index (χ3v) is 4.78. The van der Waals surface area contributed by atoms with Gasteiger partial charge in [0.1, 0.15) is 5.76 Å². The molecular formula is C22H17N3O5. The van der Waals surface area contributed by atoms with Crippen LogP contribution in [0.15, 0.2) is 72.6 Å². The van der Waals surface area contributed by atoms with Gasteiger partial charge in [0, 0.05) is 18.0 Å². The minimum atomic E-state index is -1.01. The number of amides is 1. The van der Waals surface area contributed by atoms with Crippen molar-refractivity contribution in [1.29, 1.82) is 0 Å². The van der Waals surface area contributed by atoms with E-state index in [0.717, 1.165) is 4.90 Å². The molecule has 0 spiro atoms. The molecule has 1 fully saturated rings. The highest BCUT2D eigenvalue weighted by molar-refractivity contribution is 6.51. The number of aromatic nitrogens is 2. The molecule has 3 aromatic rings. The van der Waals surface area contributed by atoms with Gasteiger partial charge < -0.3 is 14.9 Å². The van der Waals surface area contributed by atoms with Gasteiger partial charge in [-0.15, -0.1) is 0 Å². The van der Waals surface area contributed by atoms with Gasteiger partial charge in [0.15, 0.2) is 11.5 Å². The number of nitrogens with zero attached hydrogens (tertiary/aromatic N) is 3. The first-order valence-electron chi connectivity index (χ1n) is 9.03. The average Bonchev–Trinajstić information content (AvgIpc) is 3.05. The Kier molecular flexibility index (Phi) is 4.89. The van der Waals surface area contributed by atoms with Gasteiger partial charge in [-0.1, -0.05) is 36.4 Å². The Balaban J connectivity index is 1.97. The van der Waals surface area contributed by atoms with Crippen LogP contribution in [0.3, 0.4) is 0 Å². The summed E-state index contributed by atoms with van der Waals surface area (Å²) < 4.78 is 5.17. The number of aliphatic hydroxyl groups is 1. The van der Waals surface area contributed by atoms with Gasteiger partial charge in [-0.3, -0.25) is 14.5 Å². The second-order valence-electron chi connectivity index (χ2n) is 6.52. The molecule has 2 aromatic carbocycles. The molecule has 4 rings (SSSR count). The van der Waals surface area contributed by atoms with E-state index in [9.17, 15) is 19.8 Å². The molecule has 1 aliphatic heterocycles. The molecule has 0 radical (unpaired) electrons. The van der Waals surface area contributed by atoms with Crippen molar-refractivity contribution in [2.24, 2.45) is 0 Å². The number of hydrogen-bond donors (Lipinski definition) is 2. The summed E-state index contributed by atoms with van der Waals surface area (Å²) in [6, 6.07) is 13.5. The first kappa shape index (κ1) is 19.1. The maximum absolute atomic E-state index is 13.0. The number of phenols is 1. The van der Waals surface area contributed by atoms with Crippen molar-refractivity contribution < 1.29 is 24.5 Å². The molecule has 8 nitrogen and oxygen atoms in total. The van der Waals surface area contributed by atoms with E-state index in [4.69, 9.17) is 4.74 Å².